The zero-order valence-electron chi connectivity index (χ0n) is 21.3. The Morgan fingerprint density at radius 3 is 2.46 bits per heavy atom. The normalized spacial score (nSPS) is 25.8. The van der Waals surface area contributed by atoms with Gasteiger partial charge in [-0.15, -0.1) is 0 Å². The van der Waals surface area contributed by atoms with E-state index in [1.807, 2.05) is 36.0 Å². The van der Waals surface area contributed by atoms with Crippen LogP contribution in [0, 0.1) is 0 Å². The van der Waals surface area contributed by atoms with E-state index in [1.165, 1.54) is 16.3 Å². The zero-order valence-corrected chi connectivity index (χ0v) is 21.3. The molecule has 0 radical (unpaired) electrons. The topological polar surface area (TPSA) is 61.6 Å². The van der Waals surface area contributed by atoms with E-state index in [0.717, 1.165) is 48.6 Å². The number of hydrogen-bond acceptors (Lipinski definition) is 4. The van der Waals surface area contributed by atoms with Gasteiger partial charge in [-0.25, -0.2) is 4.98 Å². The number of aryl methyl sites for hydroxylation is 1. The molecule has 0 bridgehead atoms. The number of hydrogen-bond donors (Lipinski definition) is 1. The van der Waals surface area contributed by atoms with Crippen molar-refractivity contribution in [2.24, 2.45) is 7.05 Å². The number of likely N-dealkylation sites (tertiary alicyclic amines) is 1. The number of carbonyl (C=O) groups excluding carboxylic acids is 1. The molecule has 1 fully saturated rings. The first-order valence-electron chi connectivity index (χ1n) is 13.3. The standard InChI is InChI=1S/C31H32N4O2/c1-31(19-26-32-15-18-33(26)2)24-11-3-4-12-25(24)35(30(31)37)21-13-16-34(17-14-21)28-22-9-5-7-20-8-6-10-23(27(20)22)29(28)36/h3-12,15,18,21,28-29,36H,13-14,16-17,19H2,1-2H3. The van der Waals surface area contributed by atoms with Crippen LogP contribution in [0.5, 0.6) is 0 Å². The Labute approximate surface area is 217 Å². The van der Waals surface area contributed by atoms with Gasteiger partial charge in [0.15, 0.2) is 0 Å². The monoisotopic (exact) mass is 492 g/mol. The molecule has 7 rings (SSSR count). The van der Waals surface area contributed by atoms with E-state index >= 15 is 0 Å². The summed E-state index contributed by atoms with van der Waals surface area (Å²) in [5.74, 6) is 1.10. The Kier molecular flexibility index (Phi) is 5.07. The number of nitrogens with zero attached hydrogens (tertiary/aromatic N) is 4. The molecule has 0 spiro atoms. The van der Waals surface area contributed by atoms with E-state index in [9.17, 15) is 9.90 Å². The number of imidazole rings is 1. The van der Waals surface area contributed by atoms with Gasteiger partial charge >= 0.3 is 0 Å². The maximum atomic E-state index is 14.1. The van der Waals surface area contributed by atoms with Crippen molar-refractivity contribution in [2.45, 2.75) is 49.8 Å². The molecule has 3 atom stereocenters. The van der Waals surface area contributed by atoms with Gasteiger partial charge in [0.05, 0.1) is 17.6 Å². The highest BCUT2D eigenvalue weighted by Crippen LogP contribution is 2.49. The highest BCUT2D eigenvalue weighted by molar-refractivity contribution is 6.08. The summed E-state index contributed by atoms with van der Waals surface area (Å²) in [4.78, 5) is 23.2. The van der Waals surface area contributed by atoms with Crippen LogP contribution >= 0.6 is 0 Å². The first-order chi connectivity index (χ1) is 18.0. The third kappa shape index (κ3) is 3.25. The molecule has 3 heterocycles. The van der Waals surface area contributed by atoms with Crippen molar-refractivity contribution in [2.75, 3.05) is 18.0 Å². The molecular formula is C31H32N4O2. The number of rotatable bonds is 4. The Balaban J connectivity index is 1.15. The molecule has 1 aliphatic carbocycles. The van der Waals surface area contributed by atoms with Crippen LogP contribution in [0.15, 0.2) is 73.1 Å². The minimum absolute atomic E-state index is 0.0303. The number of anilines is 1. The highest BCUT2D eigenvalue weighted by Gasteiger charge is 2.50. The molecule has 1 aromatic heterocycles. The average Bonchev–Trinajstić information content (AvgIpc) is 3.52. The molecule has 4 aromatic rings. The highest BCUT2D eigenvalue weighted by atomic mass is 16.3. The van der Waals surface area contributed by atoms with E-state index < -0.39 is 11.5 Å². The quantitative estimate of drug-likeness (QED) is 0.450. The molecular weight excluding hydrogens is 460 g/mol. The van der Waals surface area contributed by atoms with Crippen molar-refractivity contribution in [3.63, 3.8) is 0 Å². The second-order valence-electron chi connectivity index (χ2n) is 11.1. The summed E-state index contributed by atoms with van der Waals surface area (Å²) in [6, 6.07) is 21.0. The van der Waals surface area contributed by atoms with Crippen molar-refractivity contribution in [1.82, 2.24) is 14.5 Å². The summed E-state index contributed by atoms with van der Waals surface area (Å²) in [6.45, 7) is 3.77. The zero-order chi connectivity index (χ0) is 25.3. The summed E-state index contributed by atoms with van der Waals surface area (Å²) in [7, 11) is 1.99. The van der Waals surface area contributed by atoms with Gasteiger partial charge < -0.3 is 14.6 Å². The van der Waals surface area contributed by atoms with Gasteiger partial charge in [0.1, 0.15) is 5.82 Å². The van der Waals surface area contributed by atoms with Crippen molar-refractivity contribution >= 4 is 22.4 Å². The van der Waals surface area contributed by atoms with Crippen molar-refractivity contribution in [3.8, 4) is 0 Å². The molecule has 3 aromatic carbocycles. The van der Waals surface area contributed by atoms with Crippen molar-refractivity contribution in [3.05, 3.63) is 95.6 Å². The summed E-state index contributed by atoms with van der Waals surface area (Å²) in [6.07, 6.45) is 5.56. The Morgan fingerprint density at radius 1 is 1.00 bits per heavy atom. The fraction of sp³-hybridized carbons (Fsp3) is 0.355. The van der Waals surface area contributed by atoms with E-state index in [4.69, 9.17) is 0 Å². The average molecular weight is 493 g/mol. The third-order valence-electron chi connectivity index (χ3n) is 9.04. The number of aliphatic hydroxyl groups is 1. The predicted octanol–water partition coefficient (Wildman–Crippen LogP) is 4.67. The largest absolute Gasteiger partial charge is 0.386 e. The van der Waals surface area contributed by atoms with Crippen molar-refractivity contribution < 1.29 is 9.90 Å². The number of aliphatic hydroxyl groups excluding tert-OH is 1. The molecule has 0 saturated carbocycles. The molecule has 37 heavy (non-hydrogen) atoms. The summed E-state index contributed by atoms with van der Waals surface area (Å²) < 4.78 is 2.01. The van der Waals surface area contributed by atoms with Crippen molar-refractivity contribution in [1.29, 1.82) is 0 Å². The number of benzene rings is 3. The lowest BCUT2D eigenvalue weighted by Crippen LogP contribution is -2.50. The van der Waals surface area contributed by atoms with Gasteiger partial charge in [0.2, 0.25) is 5.91 Å². The molecule has 1 amide bonds. The lowest BCUT2D eigenvalue weighted by molar-refractivity contribution is -0.123. The van der Waals surface area contributed by atoms with Gasteiger partial charge in [-0.05, 0) is 53.3 Å². The second kappa shape index (κ2) is 8.27. The van der Waals surface area contributed by atoms with Crippen LogP contribution in [0.2, 0.25) is 0 Å². The molecule has 1 N–H and O–H groups in total. The number of fused-ring (bicyclic) bond motifs is 1. The lowest BCUT2D eigenvalue weighted by atomic mass is 9.80. The van der Waals surface area contributed by atoms with E-state index in [0.29, 0.717) is 6.42 Å². The predicted molar refractivity (Wildman–Crippen MR) is 144 cm³/mol. The van der Waals surface area contributed by atoms with Crippen LogP contribution in [-0.2, 0) is 23.7 Å². The summed E-state index contributed by atoms with van der Waals surface area (Å²) >= 11 is 0. The lowest BCUT2D eigenvalue weighted by Gasteiger charge is -2.41. The number of aromatic nitrogens is 2. The van der Waals surface area contributed by atoms with Crippen LogP contribution < -0.4 is 4.90 Å². The fourth-order valence-electron chi connectivity index (χ4n) is 7.11. The van der Waals surface area contributed by atoms with Crippen LogP contribution in [0.3, 0.4) is 0 Å². The number of carbonyl (C=O) groups is 1. The summed E-state index contributed by atoms with van der Waals surface area (Å²) in [5, 5.41) is 13.7. The fourth-order valence-corrected chi connectivity index (χ4v) is 7.11. The number of para-hydroxylation sites is 1. The molecule has 6 heteroatoms. The first kappa shape index (κ1) is 22.7. The van der Waals surface area contributed by atoms with E-state index in [1.54, 1.807) is 6.20 Å². The number of piperidine rings is 1. The maximum absolute atomic E-state index is 14.1. The van der Waals surface area contributed by atoms with E-state index in [-0.39, 0.29) is 18.0 Å². The Bertz CT molecular complexity index is 1510. The Morgan fingerprint density at radius 2 is 1.73 bits per heavy atom. The molecule has 1 saturated heterocycles. The SMILES string of the molecule is Cn1ccnc1CC1(C)C(=O)N(C2CCN(C3c4cccc5cccc(c45)C3O)CC2)c2ccccc21. The van der Waals surface area contributed by atoms with Crippen LogP contribution in [0.4, 0.5) is 5.69 Å². The maximum Gasteiger partial charge on any atom is 0.238 e. The van der Waals surface area contributed by atoms with E-state index in [2.05, 4.69) is 64.2 Å². The van der Waals surface area contributed by atoms with Gasteiger partial charge in [-0.3, -0.25) is 9.69 Å². The van der Waals surface area contributed by atoms with Gasteiger partial charge in [0.25, 0.3) is 0 Å². The van der Waals surface area contributed by atoms with Gasteiger partial charge in [-0.1, -0.05) is 54.6 Å². The molecule has 3 aliphatic rings. The van der Waals surface area contributed by atoms with Crippen LogP contribution in [-0.4, -0.2) is 44.6 Å². The minimum atomic E-state index is -0.633. The van der Waals surface area contributed by atoms with Crippen LogP contribution in [0.25, 0.3) is 10.8 Å². The minimum Gasteiger partial charge on any atom is -0.386 e. The molecule has 3 unspecified atom stereocenters. The first-order valence-corrected chi connectivity index (χ1v) is 13.3. The van der Waals surface area contributed by atoms with Crippen LogP contribution in [0.1, 0.15) is 54.4 Å². The molecule has 2 aliphatic heterocycles. The molecule has 188 valence electrons. The van der Waals surface area contributed by atoms with Gasteiger partial charge in [0, 0.05) is 50.7 Å². The molecule has 6 nitrogen and oxygen atoms in total. The van der Waals surface area contributed by atoms with Gasteiger partial charge in [-0.2, -0.15) is 0 Å². The summed E-state index contributed by atoms with van der Waals surface area (Å²) in [5.41, 5.74) is 3.77. The smallest absolute Gasteiger partial charge is 0.238 e. The Hall–Kier alpha value is -3.48. The second-order valence-corrected chi connectivity index (χ2v) is 11.1. The number of amides is 1. The third-order valence-corrected chi connectivity index (χ3v) is 9.04.